The lowest BCUT2D eigenvalue weighted by Gasteiger charge is -2.09. The van der Waals surface area contributed by atoms with E-state index in [9.17, 15) is 13.2 Å². The number of nitrogens with one attached hydrogen (secondary N) is 2. The van der Waals surface area contributed by atoms with Crippen LogP contribution < -0.4 is 14.8 Å². The minimum Gasteiger partial charge on any atom is -0.457 e. The number of hydrogen-bond acceptors (Lipinski definition) is 4. The number of hydrogen-bond donors (Lipinski definition) is 2. The Morgan fingerprint density at radius 2 is 1.62 bits per heavy atom. The van der Waals surface area contributed by atoms with Gasteiger partial charge in [0.15, 0.2) is 0 Å². The van der Waals surface area contributed by atoms with E-state index in [1.165, 1.54) is 24.3 Å². The Morgan fingerprint density at radius 3 is 2.25 bits per heavy atom. The summed E-state index contributed by atoms with van der Waals surface area (Å²) in [6.07, 6.45) is 1.70. The molecule has 0 aromatic heterocycles. The third kappa shape index (κ3) is 5.27. The second-order valence-corrected chi connectivity index (χ2v) is 6.78. The Labute approximate surface area is 141 Å². The Hall–Kier alpha value is -2.54. The molecule has 128 valence electrons. The topological polar surface area (TPSA) is 84.5 Å². The first-order valence-electron chi connectivity index (χ1n) is 7.65. The SMILES string of the molecule is CCCCNC(=O)NS(=O)(=O)c1ccc(Oc2ccccc2)cc1. The fraction of sp³-hybridized carbons (Fsp3) is 0.235. The van der Waals surface area contributed by atoms with Crippen LogP contribution in [0.4, 0.5) is 4.79 Å². The van der Waals surface area contributed by atoms with Crippen LogP contribution in [0.25, 0.3) is 0 Å². The lowest BCUT2D eigenvalue weighted by molar-refractivity contribution is 0.245. The minimum absolute atomic E-state index is 0.00597. The predicted molar refractivity (Wildman–Crippen MR) is 91.6 cm³/mol. The Bertz CT molecular complexity index is 759. The molecule has 0 aliphatic rings. The van der Waals surface area contributed by atoms with Crippen LogP contribution in [0, 0.1) is 0 Å². The van der Waals surface area contributed by atoms with E-state index in [1.807, 2.05) is 29.8 Å². The van der Waals surface area contributed by atoms with Crippen LogP contribution in [0.2, 0.25) is 0 Å². The summed E-state index contributed by atoms with van der Waals surface area (Å²) in [4.78, 5) is 11.6. The summed E-state index contributed by atoms with van der Waals surface area (Å²) in [6.45, 7) is 2.41. The van der Waals surface area contributed by atoms with Crippen molar-refractivity contribution in [1.82, 2.24) is 10.0 Å². The van der Waals surface area contributed by atoms with Crippen molar-refractivity contribution in [2.24, 2.45) is 0 Å². The Morgan fingerprint density at radius 1 is 1.00 bits per heavy atom. The average Bonchev–Trinajstić information content (AvgIpc) is 2.56. The molecule has 0 spiro atoms. The first-order valence-corrected chi connectivity index (χ1v) is 9.13. The zero-order valence-electron chi connectivity index (χ0n) is 13.4. The number of carbonyl (C=O) groups is 1. The number of carbonyl (C=O) groups excluding carboxylic acids is 1. The molecule has 2 amide bonds. The number of unbranched alkanes of at least 4 members (excludes halogenated alkanes) is 1. The normalized spacial score (nSPS) is 10.9. The lowest BCUT2D eigenvalue weighted by atomic mass is 10.3. The summed E-state index contributed by atoms with van der Waals surface area (Å²) < 4.78 is 31.8. The molecule has 2 aromatic carbocycles. The molecule has 0 saturated carbocycles. The van der Waals surface area contributed by atoms with E-state index in [1.54, 1.807) is 12.1 Å². The van der Waals surface area contributed by atoms with Crippen molar-refractivity contribution in [3.63, 3.8) is 0 Å². The Balaban J connectivity index is 1.99. The van der Waals surface area contributed by atoms with Gasteiger partial charge in [0.2, 0.25) is 0 Å². The average molecular weight is 348 g/mol. The van der Waals surface area contributed by atoms with E-state index in [-0.39, 0.29) is 4.90 Å². The largest absolute Gasteiger partial charge is 0.457 e. The fourth-order valence-corrected chi connectivity index (χ4v) is 2.84. The first-order chi connectivity index (χ1) is 11.5. The van der Waals surface area contributed by atoms with Crippen LogP contribution in [0.1, 0.15) is 19.8 Å². The first kappa shape index (κ1) is 17.8. The van der Waals surface area contributed by atoms with Crippen molar-refractivity contribution >= 4 is 16.1 Å². The van der Waals surface area contributed by atoms with Gasteiger partial charge in [-0.3, -0.25) is 0 Å². The van der Waals surface area contributed by atoms with E-state index in [0.29, 0.717) is 18.0 Å². The van der Waals surface area contributed by atoms with Gasteiger partial charge in [0, 0.05) is 6.54 Å². The highest BCUT2D eigenvalue weighted by Crippen LogP contribution is 2.22. The van der Waals surface area contributed by atoms with Gasteiger partial charge in [-0.05, 0) is 42.8 Å². The van der Waals surface area contributed by atoms with Crippen LogP contribution in [0.15, 0.2) is 59.5 Å². The molecule has 0 radical (unpaired) electrons. The van der Waals surface area contributed by atoms with Crippen LogP contribution >= 0.6 is 0 Å². The quantitative estimate of drug-likeness (QED) is 0.752. The number of amides is 2. The molecule has 0 aliphatic heterocycles. The third-order valence-electron chi connectivity index (χ3n) is 3.16. The monoisotopic (exact) mass is 348 g/mol. The van der Waals surface area contributed by atoms with Gasteiger partial charge in [0.25, 0.3) is 10.0 Å². The van der Waals surface area contributed by atoms with E-state index in [4.69, 9.17) is 4.74 Å². The van der Waals surface area contributed by atoms with Gasteiger partial charge >= 0.3 is 6.03 Å². The highest BCUT2D eigenvalue weighted by molar-refractivity contribution is 7.90. The summed E-state index contributed by atoms with van der Waals surface area (Å²) in [6, 6.07) is 14.3. The third-order valence-corrected chi connectivity index (χ3v) is 4.50. The van der Waals surface area contributed by atoms with E-state index in [2.05, 4.69) is 5.32 Å². The molecule has 24 heavy (non-hydrogen) atoms. The zero-order valence-corrected chi connectivity index (χ0v) is 14.2. The Kier molecular flexibility index (Phi) is 6.20. The van der Waals surface area contributed by atoms with E-state index in [0.717, 1.165) is 12.8 Å². The standard InChI is InChI=1S/C17H20N2O4S/c1-2-3-13-18-17(20)19-24(21,22)16-11-9-15(10-12-16)23-14-7-5-4-6-8-14/h4-12H,2-3,13H2,1H3,(H2,18,19,20). The molecule has 0 unspecified atom stereocenters. The summed E-state index contributed by atoms with van der Waals surface area (Å²) in [5, 5.41) is 2.50. The fourth-order valence-electron chi connectivity index (χ4n) is 1.91. The molecule has 0 aliphatic carbocycles. The van der Waals surface area contributed by atoms with Crippen molar-refractivity contribution < 1.29 is 17.9 Å². The van der Waals surface area contributed by atoms with E-state index >= 15 is 0 Å². The second-order valence-electron chi connectivity index (χ2n) is 5.10. The number of para-hydroxylation sites is 1. The molecule has 0 heterocycles. The number of rotatable bonds is 7. The van der Waals surface area contributed by atoms with Crippen molar-refractivity contribution in [3.8, 4) is 11.5 Å². The number of ether oxygens (including phenoxy) is 1. The number of sulfonamides is 1. The van der Waals surface area contributed by atoms with E-state index < -0.39 is 16.1 Å². The van der Waals surface area contributed by atoms with Crippen LogP contribution in [0.5, 0.6) is 11.5 Å². The van der Waals surface area contributed by atoms with Crippen LogP contribution in [-0.4, -0.2) is 21.0 Å². The maximum atomic E-state index is 12.1. The molecule has 6 nitrogen and oxygen atoms in total. The van der Waals surface area contributed by atoms with Crippen molar-refractivity contribution in [2.75, 3.05) is 6.54 Å². The van der Waals surface area contributed by atoms with Gasteiger partial charge < -0.3 is 10.1 Å². The summed E-state index contributed by atoms with van der Waals surface area (Å²) in [5.74, 6) is 1.16. The molecule has 2 N–H and O–H groups in total. The molecule has 0 atom stereocenters. The zero-order chi connectivity index (χ0) is 17.4. The van der Waals surface area contributed by atoms with Gasteiger partial charge in [0.1, 0.15) is 11.5 Å². The molecule has 0 fully saturated rings. The van der Waals surface area contributed by atoms with Crippen molar-refractivity contribution in [1.29, 1.82) is 0 Å². The van der Waals surface area contributed by atoms with Gasteiger partial charge in [-0.15, -0.1) is 0 Å². The maximum absolute atomic E-state index is 12.1. The molecule has 2 rings (SSSR count). The molecular formula is C17H20N2O4S. The highest BCUT2D eigenvalue weighted by Gasteiger charge is 2.17. The molecular weight excluding hydrogens is 328 g/mol. The summed E-state index contributed by atoms with van der Waals surface area (Å²) >= 11 is 0. The highest BCUT2D eigenvalue weighted by atomic mass is 32.2. The molecule has 2 aromatic rings. The van der Waals surface area contributed by atoms with Crippen molar-refractivity contribution in [2.45, 2.75) is 24.7 Å². The minimum atomic E-state index is -3.90. The van der Waals surface area contributed by atoms with Gasteiger partial charge in [-0.2, -0.15) is 0 Å². The molecule has 0 saturated heterocycles. The lowest BCUT2D eigenvalue weighted by Crippen LogP contribution is -2.39. The van der Waals surface area contributed by atoms with Crippen molar-refractivity contribution in [3.05, 3.63) is 54.6 Å². The van der Waals surface area contributed by atoms with Gasteiger partial charge in [-0.1, -0.05) is 31.5 Å². The summed E-state index contributed by atoms with van der Waals surface area (Å²) in [7, 11) is -3.90. The summed E-state index contributed by atoms with van der Waals surface area (Å²) in [5.41, 5.74) is 0. The maximum Gasteiger partial charge on any atom is 0.328 e. The van der Waals surface area contributed by atoms with Gasteiger partial charge in [0.05, 0.1) is 4.90 Å². The molecule has 7 heteroatoms. The number of benzene rings is 2. The molecule has 0 bridgehead atoms. The number of urea groups is 1. The van der Waals surface area contributed by atoms with Crippen LogP contribution in [0.3, 0.4) is 0 Å². The van der Waals surface area contributed by atoms with Crippen LogP contribution in [-0.2, 0) is 10.0 Å². The smallest absolute Gasteiger partial charge is 0.328 e. The van der Waals surface area contributed by atoms with Gasteiger partial charge in [-0.25, -0.2) is 17.9 Å². The predicted octanol–water partition coefficient (Wildman–Crippen LogP) is 3.27. The second kappa shape index (κ2) is 8.35.